The molecule has 1 rings (SSSR count). The summed E-state index contributed by atoms with van der Waals surface area (Å²) < 4.78 is 5.17. The molecule has 0 aliphatic carbocycles. The Morgan fingerprint density at radius 1 is 1.37 bits per heavy atom. The van der Waals surface area contributed by atoms with Gasteiger partial charge in [0.2, 0.25) is 5.91 Å². The number of amides is 1. The summed E-state index contributed by atoms with van der Waals surface area (Å²) in [6.07, 6.45) is -0.0979. The van der Waals surface area contributed by atoms with E-state index in [4.69, 9.17) is 9.84 Å². The molecule has 0 saturated heterocycles. The summed E-state index contributed by atoms with van der Waals surface area (Å²) in [6, 6.07) is 5.39. The Hall–Kier alpha value is -2.04. The van der Waals surface area contributed by atoms with E-state index in [9.17, 15) is 9.59 Å². The summed E-state index contributed by atoms with van der Waals surface area (Å²) >= 11 is 0. The number of rotatable bonds is 5. The quantitative estimate of drug-likeness (QED) is 0.857. The van der Waals surface area contributed by atoms with Gasteiger partial charge in [-0.05, 0) is 38.5 Å². The molecule has 5 nitrogen and oxygen atoms in total. The number of anilines is 1. The summed E-state index contributed by atoms with van der Waals surface area (Å²) in [5, 5.41) is 11.7. The predicted molar refractivity (Wildman–Crippen MR) is 72.4 cm³/mol. The fourth-order valence-electron chi connectivity index (χ4n) is 1.57. The van der Waals surface area contributed by atoms with Crippen LogP contribution in [0.3, 0.4) is 0 Å². The number of carboxylic acid groups (broad SMARTS) is 1. The Kier molecular flexibility index (Phi) is 4.53. The molecular formula is C14H19NO4. The normalized spacial score (nSPS) is 10.9. The van der Waals surface area contributed by atoms with Gasteiger partial charge in [0.25, 0.3) is 0 Å². The van der Waals surface area contributed by atoms with Crippen LogP contribution in [0.1, 0.15) is 25.8 Å². The Morgan fingerprint density at radius 2 is 2.00 bits per heavy atom. The van der Waals surface area contributed by atoms with Gasteiger partial charge in [0.05, 0.1) is 18.2 Å². The molecule has 104 valence electrons. The summed E-state index contributed by atoms with van der Waals surface area (Å²) in [6.45, 7) is 4.95. The zero-order valence-electron chi connectivity index (χ0n) is 11.6. The molecule has 0 heterocycles. The lowest BCUT2D eigenvalue weighted by Crippen LogP contribution is -2.29. The van der Waals surface area contributed by atoms with E-state index in [1.54, 1.807) is 12.1 Å². The summed E-state index contributed by atoms with van der Waals surface area (Å²) in [5.41, 5.74) is 0.460. The Balaban J connectivity index is 2.80. The van der Waals surface area contributed by atoms with Gasteiger partial charge < -0.3 is 15.2 Å². The van der Waals surface area contributed by atoms with Crippen LogP contribution in [0.15, 0.2) is 18.2 Å². The van der Waals surface area contributed by atoms with Gasteiger partial charge in [-0.2, -0.15) is 0 Å². The average molecular weight is 265 g/mol. The number of aliphatic carboxylic acids is 1. The van der Waals surface area contributed by atoms with Gasteiger partial charge in [-0.3, -0.25) is 9.59 Å². The number of carbonyl (C=O) groups is 2. The van der Waals surface area contributed by atoms with Crippen LogP contribution in [0, 0.1) is 12.3 Å². The average Bonchev–Trinajstić information content (AvgIpc) is 2.30. The van der Waals surface area contributed by atoms with Crippen molar-refractivity contribution in [3.63, 3.8) is 0 Å². The van der Waals surface area contributed by atoms with Crippen LogP contribution in [-0.2, 0) is 9.59 Å². The topological polar surface area (TPSA) is 75.6 Å². The molecule has 0 aliphatic rings. The first kappa shape index (κ1) is 15.0. The number of ether oxygens (including phenoxy) is 1. The zero-order chi connectivity index (χ0) is 14.6. The largest absolute Gasteiger partial charge is 0.495 e. The number of hydrogen-bond donors (Lipinski definition) is 2. The van der Waals surface area contributed by atoms with Gasteiger partial charge in [-0.1, -0.05) is 6.07 Å². The lowest BCUT2D eigenvalue weighted by molar-refractivity contribution is -0.148. The molecule has 1 aromatic rings. The van der Waals surface area contributed by atoms with E-state index in [1.165, 1.54) is 21.0 Å². The molecule has 0 bridgehead atoms. The first-order chi connectivity index (χ1) is 8.76. The first-order valence-electron chi connectivity index (χ1n) is 5.94. The SMILES string of the molecule is COc1cc(C)ccc1NC(=O)CC(C)(C)C(=O)O. The van der Waals surface area contributed by atoms with Gasteiger partial charge in [-0.25, -0.2) is 0 Å². The minimum Gasteiger partial charge on any atom is -0.495 e. The highest BCUT2D eigenvalue weighted by atomic mass is 16.5. The number of nitrogens with one attached hydrogen (secondary N) is 1. The van der Waals surface area contributed by atoms with Crippen molar-refractivity contribution in [1.29, 1.82) is 0 Å². The number of aryl methyl sites for hydroxylation is 1. The van der Waals surface area contributed by atoms with Crippen LogP contribution in [0.2, 0.25) is 0 Å². The molecule has 0 radical (unpaired) electrons. The van der Waals surface area contributed by atoms with Gasteiger partial charge in [0, 0.05) is 6.42 Å². The fraction of sp³-hybridized carbons (Fsp3) is 0.429. The lowest BCUT2D eigenvalue weighted by atomic mass is 9.89. The second-order valence-electron chi connectivity index (χ2n) is 5.12. The molecule has 5 heteroatoms. The maximum absolute atomic E-state index is 11.9. The van der Waals surface area contributed by atoms with Gasteiger partial charge in [-0.15, -0.1) is 0 Å². The Morgan fingerprint density at radius 3 is 2.53 bits per heavy atom. The van der Waals surface area contributed by atoms with Gasteiger partial charge >= 0.3 is 5.97 Å². The van der Waals surface area contributed by atoms with Crippen LogP contribution in [0.5, 0.6) is 5.75 Å². The van der Waals surface area contributed by atoms with E-state index in [-0.39, 0.29) is 12.3 Å². The lowest BCUT2D eigenvalue weighted by Gasteiger charge is -2.19. The van der Waals surface area contributed by atoms with Crippen molar-refractivity contribution in [2.24, 2.45) is 5.41 Å². The fourth-order valence-corrected chi connectivity index (χ4v) is 1.57. The summed E-state index contributed by atoms with van der Waals surface area (Å²) in [7, 11) is 1.52. The molecule has 0 aromatic heterocycles. The summed E-state index contributed by atoms with van der Waals surface area (Å²) in [4.78, 5) is 22.8. The third-order valence-corrected chi connectivity index (χ3v) is 2.81. The van der Waals surface area contributed by atoms with E-state index in [1.807, 2.05) is 13.0 Å². The molecule has 0 aliphatic heterocycles. The van der Waals surface area contributed by atoms with E-state index in [2.05, 4.69) is 5.32 Å². The molecule has 0 atom stereocenters. The number of benzene rings is 1. The van der Waals surface area contributed by atoms with Crippen molar-refractivity contribution >= 4 is 17.6 Å². The number of methoxy groups -OCH3 is 1. The highest BCUT2D eigenvalue weighted by Crippen LogP contribution is 2.27. The van der Waals surface area contributed by atoms with E-state index < -0.39 is 11.4 Å². The maximum atomic E-state index is 11.9. The highest BCUT2D eigenvalue weighted by molar-refractivity contribution is 5.95. The number of carboxylic acids is 1. The Bertz CT molecular complexity index is 494. The molecule has 0 unspecified atom stereocenters. The standard InChI is InChI=1S/C14H19NO4/c1-9-5-6-10(11(7-9)19-4)15-12(16)8-14(2,3)13(17)18/h5-7H,8H2,1-4H3,(H,15,16)(H,17,18). The minimum atomic E-state index is -1.10. The third kappa shape index (κ3) is 3.98. The molecule has 0 spiro atoms. The van der Waals surface area contributed by atoms with E-state index in [0.29, 0.717) is 11.4 Å². The number of carbonyl (C=O) groups excluding carboxylic acids is 1. The molecule has 0 saturated carbocycles. The zero-order valence-corrected chi connectivity index (χ0v) is 11.6. The monoisotopic (exact) mass is 265 g/mol. The van der Waals surface area contributed by atoms with Crippen molar-refractivity contribution < 1.29 is 19.4 Å². The van der Waals surface area contributed by atoms with Crippen LogP contribution < -0.4 is 10.1 Å². The molecule has 2 N–H and O–H groups in total. The van der Waals surface area contributed by atoms with E-state index in [0.717, 1.165) is 5.56 Å². The predicted octanol–water partition coefficient (Wildman–Crippen LogP) is 2.44. The number of hydrogen-bond acceptors (Lipinski definition) is 3. The van der Waals surface area contributed by atoms with Crippen LogP contribution >= 0.6 is 0 Å². The molecule has 19 heavy (non-hydrogen) atoms. The van der Waals surface area contributed by atoms with Crippen LogP contribution in [0.4, 0.5) is 5.69 Å². The molecule has 1 amide bonds. The third-order valence-electron chi connectivity index (χ3n) is 2.81. The second kappa shape index (κ2) is 5.73. The first-order valence-corrected chi connectivity index (χ1v) is 5.94. The smallest absolute Gasteiger partial charge is 0.309 e. The van der Waals surface area contributed by atoms with Crippen molar-refractivity contribution in [1.82, 2.24) is 0 Å². The van der Waals surface area contributed by atoms with Gasteiger partial charge in [0.15, 0.2) is 0 Å². The molecule has 1 aromatic carbocycles. The molecular weight excluding hydrogens is 246 g/mol. The maximum Gasteiger partial charge on any atom is 0.309 e. The van der Waals surface area contributed by atoms with Crippen molar-refractivity contribution in [2.75, 3.05) is 12.4 Å². The summed E-state index contributed by atoms with van der Waals surface area (Å²) in [5.74, 6) is -0.797. The van der Waals surface area contributed by atoms with Crippen LogP contribution in [0.25, 0.3) is 0 Å². The van der Waals surface area contributed by atoms with Crippen LogP contribution in [-0.4, -0.2) is 24.1 Å². The van der Waals surface area contributed by atoms with Gasteiger partial charge in [0.1, 0.15) is 5.75 Å². The minimum absolute atomic E-state index is 0.0979. The van der Waals surface area contributed by atoms with E-state index >= 15 is 0 Å². The molecule has 0 fully saturated rings. The van der Waals surface area contributed by atoms with Crippen molar-refractivity contribution in [3.8, 4) is 5.75 Å². The second-order valence-corrected chi connectivity index (χ2v) is 5.12. The Labute approximate surface area is 112 Å². The van der Waals surface area contributed by atoms with Crippen molar-refractivity contribution in [2.45, 2.75) is 27.2 Å². The van der Waals surface area contributed by atoms with Crippen molar-refractivity contribution in [3.05, 3.63) is 23.8 Å². The highest BCUT2D eigenvalue weighted by Gasteiger charge is 2.30.